The zero-order chi connectivity index (χ0) is 21.3. The van der Waals surface area contributed by atoms with Crippen LogP contribution in [0.1, 0.15) is 32.9 Å². The predicted molar refractivity (Wildman–Crippen MR) is 119 cm³/mol. The minimum atomic E-state index is -0.231. The summed E-state index contributed by atoms with van der Waals surface area (Å²) in [5, 5.41) is 7.17. The molecule has 6 nitrogen and oxygen atoms in total. The monoisotopic (exact) mass is 400 g/mol. The van der Waals surface area contributed by atoms with Crippen molar-refractivity contribution >= 4 is 29.3 Å². The first kappa shape index (κ1) is 19.6. The number of carbonyl (C=O) groups is 2. The summed E-state index contributed by atoms with van der Waals surface area (Å²) in [4.78, 5) is 27.0. The normalized spacial score (nSPS) is 13.0. The van der Waals surface area contributed by atoms with Gasteiger partial charge in [-0.3, -0.25) is 14.3 Å². The molecule has 3 aromatic rings. The number of nitrogens with zero attached hydrogens (tertiary/aromatic N) is 3. The van der Waals surface area contributed by atoms with Crippen molar-refractivity contribution in [2.24, 2.45) is 7.05 Å². The van der Waals surface area contributed by atoms with E-state index in [1.807, 2.05) is 44.0 Å². The van der Waals surface area contributed by atoms with Gasteiger partial charge in [0.25, 0.3) is 5.91 Å². The van der Waals surface area contributed by atoms with Crippen LogP contribution in [0.4, 0.5) is 11.4 Å². The number of hydrogen-bond donors (Lipinski definition) is 1. The molecule has 1 aliphatic rings. The molecule has 1 N–H and O–H groups in total. The van der Waals surface area contributed by atoms with E-state index >= 15 is 0 Å². The Morgan fingerprint density at radius 1 is 1.07 bits per heavy atom. The third-order valence-corrected chi connectivity index (χ3v) is 5.50. The lowest BCUT2D eigenvalue weighted by atomic mass is 10.1. The molecule has 1 aliphatic heterocycles. The van der Waals surface area contributed by atoms with Gasteiger partial charge in [0, 0.05) is 47.9 Å². The summed E-state index contributed by atoms with van der Waals surface area (Å²) >= 11 is 0. The van der Waals surface area contributed by atoms with Gasteiger partial charge in [-0.15, -0.1) is 0 Å². The quantitative estimate of drug-likeness (QED) is 0.676. The molecule has 2 amide bonds. The number of hydrogen-bond acceptors (Lipinski definition) is 3. The van der Waals surface area contributed by atoms with Crippen molar-refractivity contribution in [3.63, 3.8) is 0 Å². The summed E-state index contributed by atoms with van der Waals surface area (Å²) in [7, 11) is 1.88. The van der Waals surface area contributed by atoms with E-state index in [-0.39, 0.29) is 11.8 Å². The van der Waals surface area contributed by atoms with Crippen LogP contribution in [0.2, 0.25) is 0 Å². The molecule has 0 aliphatic carbocycles. The molecule has 0 bridgehead atoms. The number of rotatable bonds is 4. The van der Waals surface area contributed by atoms with Gasteiger partial charge in [0.15, 0.2) is 0 Å². The Bertz CT molecular complexity index is 1140. The van der Waals surface area contributed by atoms with Crippen molar-refractivity contribution in [2.75, 3.05) is 16.8 Å². The smallest absolute Gasteiger partial charge is 0.258 e. The number of nitrogens with one attached hydrogen (secondary N) is 1. The summed E-state index contributed by atoms with van der Waals surface area (Å²) in [6.07, 6.45) is 4.14. The second-order valence-corrected chi connectivity index (χ2v) is 7.44. The Hall–Kier alpha value is -3.67. The van der Waals surface area contributed by atoms with Crippen molar-refractivity contribution < 1.29 is 9.59 Å². The second kappa shape index (κ2) is 7.99. The fourth-order valence-electron chi connectivity index (χ4n) is 3.78. The van der Waals surface area contributed by atoms with Crippen LogP contribution in [0.5, 0.6) is 0 Å². The highest BCUT2D eigenvalue weighted by molar-refractivity contribution is 6.08. The maximum Gasteiger partial charge on any atom is 0.258 e. The number of benzene rings is 2. The lowest BCUT2D eigenvalue weighted by Crippen LogP contribution is -2.28. The maximum atomic E-state index is 12.9. The van der Waals surface area contributed by atoms with Crippen molar-refractivity contribution in [3.8, 4) is 0 Å². The van der Waals surface area contributed by atoms with Gasteiger partial charge in [-0.2, -0.15) is 5.10 Å². The average molecular weight is 400 g/mol. The topological polar surface area (TPSA) is 67.2 Å². The fourth-order valence-corrected chi connectivity index (χ4v) is 3.78. The third kappa shape index (κ3) is 3.76. The molecular formula is C24H24N4O2. The fraction of sp³-hybridized carbons (Fsp3) is 0.208. The first-order chi connectivity index (χ1) is 14.4. The van der Waals surface area contributed by atoms with Crippen LogP contribution >= 0.6 is 0 Å². The van der Waals surface area contributed by atoms with Crippen molar-refractivity contribution in [3.05, 3.63) is 82.7 Å². The van der Waals surface area contributed by atoms with Crippen molar-refractivity contribution in [1.29, 1.82) is 0 Å². The summed E-state index contributed by atoms with van der Waals surface area (Å²) in [5.74, 6) is -0.259. The van der Waals surface area contributed by atoms with Gasteiger partial charge in [0.2, 0.25) is 5.91 Å². The number of carbonyl (C=O) groups excluding carboxylic acids is 2. The van der Waals surface area contributed by atoms with Crippen LogP contribution in [0.15, 0.2) is 54.6 Å². The van der Waals surface area contributed by atoms with Gasteiger partial charge in [-0.1, -0.05) is 18.2 Å². The van der Waals surface area contributed by atoms with Crippen molar-refractivity contribution in [2.45, 2.75) is 20.3 Å². The van der Waals surface area contributed by atoms with E-state index in [0.717, 1.165) is 29.1 Å². The van der Waals surface area contributed by atoms with E-state index in [1.165, 1.54) is 11.6 Å². The van der Waals surface area contributed by atoms with E-state index in [4.69, 9.17) is 0 Å². The molecule has 0 spiro atoms. The van der Waals surface area contributed by atoms with Gasteiger partial charge >= 0.3 is 0 Å². The Morgan fingerprint density at radius 2 is 1.80 bits per heavy atom. The lowest BCUT2D eigenvalue weighted by molar-refractivity contribution is -0.111. The van der Waals surface area contributed by atoms with E-state index in [9.17, 15) is 9.59 Å². The second-order valence-electron chi connectivity index (χ2n) is 7.44. The van der Waals surface area contributed by atoms with Gasteiger partial charge in [-0.05, 0) is 62.2 Å². The molecule has 152 valence electrons. The zero-order valence-electron chi connectivity index (χ0n) is 17.3. The molecule has 0 unspecified atom stereocenters. The van der Waals surface area contributed by atoms with Crippen LogP contribution in [0.25, 0.3) is 6.08 Å². The Morgan fingerprint density at radius 3 is 2.50 bits per heavy atom. The molecule has 0 fully saturated rings. The highest BCUT2D eigenvalue weighted by atomic mass is 16.2. The number of aromatic nitrogens is 2. The van der Waals surface area contributed by atoms with E-state index in [0.29, 0.717) is 17.8 Å². The third-order valence-electron chi connectivity index (χ3n) is 5.50. The van der Waals surface area contributed by atoms with Crippen LogP contribution in [0, 0.1) is 13.8 Å². The highest BCUT2D eigenvalue weighted by Crippen LogP contribution is 2.29. The molecule has 0 radical (unpaired) electrons. The first-order valence-corrected chi connectivity index (χ1v) is 9.93. The number of para-hydroxylation sites is 1. The molecule has 0 saturated heterocycles. The maximum absolute atomic E-state index is 12.9. The lowest BCUT2D eigenvalue weighted by Gasteiger charge is -2.17. The minimum absolute atomic E-state index is 0.0275. The van der Waals surface area contributed by atoms with Crippen LogP contribution in [-0.4, -0.2) is 28.1 Å². The number of amides is 2. The first-order valence-electron chi connectivity index (χ1n) is 9.93. The molecule has 0 atom stereocenters. The molecule has 4 rings (SSSR count). The number of anilines is 2. The summed E-state index contributed by atoms with van der Waals surface area (Å²) in [6.45, 7) is 4.57. The Kier molecular flexibility index (Phi) is 5.23. The van der Waals surface area contributed by atoms with E-state index < -0.39 is 0 Å². The summed E-state index contributed by atoms with van der Waals surface area (Å²) in [5.41, 5.74) is 6.24. The Balaban J connectivity index is 1.42. The summed E-state index contributed by atoms with van der Waals surface area (Å²) < 4.78 is 1.79. The van der Waals surface area contributed by atoms with Gasteiger partial charge in [0.05, 0.1) is 5.69 Å². The predicted octanol–water partition coefficient (Wildman–Crippen LogP) is 3.89. The van der Waals surface area contributed by atoms with Crippen molar-refractivity contribution in [1.82, 2.24) is 9.78 Å². The minimum Gasteiger partial charge on any atom is -0.323 e. The van der Waals surface area contributed by atoms with Crippen LogP contribution in [-0.2, 0) is 18.3 Å². The zero-order valence-corrected chi connectivity index (χ0v) is 17.3. The molecule has 30 heavy (non-hydrogen) atoms. The molecule has 6 heteroatoms. The SMILES string of the molecule is Cc1nn(C)c(C)c1/C=C/C(=O)Nc1ccc(C(=O)N2CCc3ccccc32)cc1. The molecule has 2 aromatic carbocycles. The van der Waals surface area contributed by atoms with Gasteiger partial charge < -0.3 is 10.2 Å². The summed E-state index contributed by atoms with van der Waals surface area (Å²) in [6, 6.07) is 15.0. The van der Waals surface area contributed by atoms with E-state index in [2.05, 4.69) is 16.5 Å². The number of aryl methyl sites for hydroxylation is 2. The molecule has 1 aromatic heterocycles. The molecular weight excluding hydrogens is 376 g/mol. The standard InChI is InChI=1S/C24H24N4O2/c1-16-21(17(2)27(3)26-16)12-13-23(29)25-20-10-8-19(9-11-20)24(30)28-15-14-18-6-4-5-7-22(18)28/h4-13H,14-15H2,1-3H3,(H,25,29)/b13-12+. The number of fused-ring (bicyclic) bond motifs is 1. The molecule has 0 saturated carbocycles. The highest BCUT2D eigenvalue weighted by Gasteiger charge is 2.24. The van der Waals surface area contributed by atoms with Gasteiger partial charge in [0.1, 0.15) is 0 Å². The van der Waals surface area contributed by atoms with Gasteiger partial charge in [-0.25, -0.2) is 0 Å². The Labute approximate surface area is 175 Å². The largest absolute Gasteiger partial charge is 0.323 e. The van der Waals surface area contributed by atoms with E-state index in [1.54, 1.807) is 35.0 Å². The van der Waals surface area contributed by atoms with Crippen LogP contribution < -0.4 is 10.2 Å². The molecule has 2 heterocycles. The average Bonchev–Trinajstić information content (AvgIpc) is 3.27. The van der Waals surface area contributed by atoms with Crippen LogP contribution in [0.3, 0.4) is 0 Å².